The molecule has 0 aliphatic carbocycles. The van der Waals surface area contributed by atoms with Gasteiger partial charge in [0.2, 0.25) is 5.91 Å². The van der Waals surface area contributed by atoms with E-state index in [0.29, 0.717) is 31.0 Å². The van der Waals surface area contributed by atoms with Gasteiger partial charge in [0.25, 0.3) is 5.91 Å². The molecule has 0 unspecified atom stereocenters. The van der Waals surface area contributed by atoms with Crippen LogP contribution in [0.3, 0.4) is 0 Å². The molecule has 7 nitrogen and oxygen atoms in total. The van der Waals surface area contributed by atoms with Crippen LogP contribution in [-0.2, 0) is 17.9 Å². The summed E-state index contributed by atoms with van der Waals surface area (Å²) >= 11 is 0. The van der Waals surface area contributed by atoms with E-state index in [2.05, 4.69) is 10.3 Å². The molecule has 0 radical (unpaired) electrons. The number of nitrogens with zero attached hydrogens (tertiary/aromatic N) is 3. The third-order valence-electron chi connectivity index (χ3n) is 4.70. The van der Waals surface area contributed by atoms with Crippen molar-refractivity contribution in [3.05, 3.63) is 77.8 Å². The number of furan rings is 1. The van der Waals surface area contributed by atoms with E-state index in [-0.39, 0.29) is 11.8 Å². The van der Waals surface area contributed by atoms with E-state index in [0.717, 1.165) is 11.3 Å². The van der Waals surface area contributed by atoms with Gasteiger partial charge < -0.3 is 19.2 Å². The maximum Gasteiger partial charge on any atom is 0.254 e. The molecule has 138 valence electrons. The van der Waals surface area contributed by atoms with Crippen molar-refractivity contribution in [1.82, 2.24) is 19.8 Å². The number of hydrogen-bond donors (Lipinski definition) is 1. The van der Waals surface area contributed by atoms with Crippen LogP contribution in [0.4, 0.5) is 0 Å². The molecule has 27 heavy (non-hydrogen) atoms. The predicted octanol–water partition coefficient (Wildman–Crippen LogP) is 2.30. The Morgan fingerprint density at radius 1 is 1.30 bits per heavy atom. The number of amides is 2. The Hall–Kier alpha value is -3.35. The minimum absolute atomic E-state index is 0.0880. The Labute approximate surface area is 156 Å². The molecule has 1 N–H and O–H groups in total. The smallest absolute Gasteiger partial charge is 0.254 e. The van der Waals surface area contributed by atoms with Crippen molar-refractivity contribution in [2.45, 2.75) is 26.1 Å². The van der Waals surface area contributed by atoms with Crippen LogP contribution in [0.15, 0.2) is 59.6 Å². The van der Waals surface area contributed by atoms with Gasteiger partial charge in [0.05, 0.1) is 37.9 Å². The molecule has 1 aliphatic rings. The van der Waals surface area contributed by atoms with Gasteiger partial charge in [-0.15, -0.1) is 0 Å². The number of imidazole rings is 1. The molecule has 2 aromatic heterocycles. The number of carbonyl (C=O) groups is 2. The summed E-state index contributed by atoms with van der Waals surface area (Å²) in [5.74, 6) is 0.417. The van der Waals surface area contributed by atoms with Crippen LogP contribution in [0.25, 0.3) is 0 Å². The van der Waals surface area contributed by atoms with Crippen LogP contribution in [0.2, 0.25) is 0 Å². The molecule has 0 bridgehead atoms. The standard InChI is InChI=1S/C20H20N4O3/c1-14-4-2-5-15(8-14)20(26)23-11-16-9-21-13-24(16)18(12-23)19(25)22-10-17-6-3-7-27-17/h2-9,13,18H,10-12H2,1H3,(H,22,25)/t18-/m1/s1. The molecule has 3 aromatic rings. The second-order valence-electron chi connectivity index (χ2n) is 6.66. The number of hydrogen-bond acceptors (Lipinski definition) is 4. The lowest BCUT2D eigenvalue weighted by Gasteiger charge is -2.33. The van der Waals surface area contributed by atoms with Crippen LogP contribution >= 0.6 is 0 Å². The lowest BCUT2D eigenvalue weighted by molar-refractivity contribution is -0.125. The van der Waals surface area contributed by atoms with Crippen molar-refractivity contribution in [1.29, 1.82) is 0 Å². The second kappa shape index (κ2) is 7.11. The number of carbonyl (C=O) groups excluding carboxylic acids is 2. The fourth-order valence-electron chi connectivity index (χ4n) is 3.32. The lowest BCUT2D eigenvalue weighted by Crippen LogP contribution is -2.46. The summed E-state index contributed by atoms with van der Waals surface area (Å²) in [7, 11) is 0. The van der Waals surface area contributed by atoms with E-state index in [1.54, 1.807) is 41.9 Å². The van der Waals surface area contributed by atoms with E-state index < -0.39 is 6.04 Å². The van der Waals surface area contributed by atoms with Gasteiger partial charge in [0, 0.05) is 11.8 Å². The average Bonchev–Trinajstić information content (AvgIpc) is 3.36. The molecular weight excluding hydrogens is 344 g/mol. The van der Waals surface area contributed by atoms with E-state index in [1.807, 2.05) is 29.7 Å². The van der Waals surface area contributed by atoms with Gasteiger partial charge in [0.15, 0.2) is 0 Å². The fraction of sp³-hybridized carbons (Fsp3) is 0.250. The molecule has 0 saturated heterocycles. The first kappa shape index (κ1) is 17.1. The highest BCUT2D eigenvalue weighted by atomic mass is 16.3. The Bertz CT molecular complexity index is 961. The van der Waals surface area contributed by atoms with E-state index in [4.69, 9.17) is 4.42 Å². The minimum atomic E-state index is -0.528. The predicted molar refractivity (Wildman–Crippen MR) is 97.7 cm³/mol. The van der Waals surface area contributed by atoms with Crippen molar-refractivity contribution < 1.29 is 14.0 Å². The summed E-state index contributed by atoms with van der Waals surface area (Å²) in [4.78, 5) is 31.6. The number of fused-ring (bicyclic) bond motifs is 1. The molecule has 4 rings (SSSR count). The quantitative estimate of drug-likeness (QED) is 0.770. The van der Waals surface area contributed by atoms with E-state index in [9.17, 15) is 9.59 Å². The molecule has 1 atom stereocenters. The number of rotatable bonds is 4. The van der Waals surface area contributed by atoms with Crippen LogP contribution in [0, 0.1) is 6.92 Å². The monoisotopic (exact) mass is 364 g/mol. The van der Waals surface area contributed by atoms with Crippen molar-refractivity contribution >= 4 is 11.8 Å². The Kier molecular flexibility index (Phi) is 4.50. The maximum absolute atomic E-state index is 12.9. The third kappa shape index (κ3) is 3.48. The van der Waals surface area contributed by atoms with Gasteiger partial charge in [-0.05, 0) is 31.2 Å². The highest BCUT2D eigenvalue weighted by Crippen LogP contribution is 2.23. The zero-order valence-electron chi connectivity index (χ0n) is 15.0. The van der Waals surface area contributed by atoms with Crippen molar-refractivity contribution in [2.75, 3.05) is 6.54 Å². The highest BCUT2D eigenvalue weighted by Gasteiger charge is 2.32. The number of aromatic nitrogens is 2. The first-order valence-electron chi connectivity index (χ1n) is 8.78. The summed E-state index contributed by atoms with van der Waals surface area (Å²) in [5.41, 5.74) is 2.48. The van der Waals surface area contributed by atoms with E-state index in [1.165, 1.54) is 0 Å². The largest absolute Gasteiger partial charge is 0.467 e. The zero-order chi connectivity index (χ0) is 18.8. The molecule has 2 amide bonds. The molecule has 0 spiro atoms. The Morgan fingerprint density at radius 2 is 2.19 bits per heavy atom. The number of benzene rings is 1. The van der Waals surface area contributed by atoms with Gasteiger partial charge in [-0.2, -0.15) is 0 Å². The van der Waals surface area contributed by atoms with Crippen LogP contribution < -0.4 is 5.32 Å². The van der Waals surface area contributed by atoms with Crippen LogP contribution in [0.1, 0.15) is 33.4 Å². The Morgan fingerprint density at radius 3 is 2.96 bits per heavy atom. The zero-order valence-corrected chi connectivity index (χ0v) is 15.0. The normalized spacial score (nSPS) is 16.0. The Balaban J connectivity index is 1.53. The van der Waals surface area contributed by atoms with Gasteiger partial charge >= 0.3 is 0 Å². The summed E-state index contributed by atoms with van der Waals surface area (Å²) in [6.45, 7) is 2.97. The van der Waals surface area contributed by atoms with Crippen molar-refractivity contribution in [2.24, 2.45) is 0 Å². The SMILES string of the molecule is Cc1cccc(C(=O)N2Cc3cncn3[C@@H](C(=O)NCc3ccco3)C2)c1. The maximum atomic E-state index is 12.9. The summed E-state index contributed by atoms with van der Waals surface area (Å²) < 4.78 is 7.09. The van der Waals surface area contributed by atoms with Gasteiger partial charge in [-0.3, -0.25) is 9.59 Å². The summed E-state index contributed by atoms with van der Waals surface area (Å²) in [6, 6.07) is 10.5. The minimum Gasteiger partial charge on any atom is -0.467 e. The molecule has 0 saturated carbocycles. The van der Waals surface area contributed by atoms with Crippen molar-refractivity contribution in [3.63, 3.8) is 0 Å². The second-order valence-corrected chi connectivity index (χ2v) is 6.66. The third-order valence-corrected chi connectivity index (χ3v) is 4.70. The summed E-state index contributed by atoms with van der Waals surface area (Å²) in [5, 5.41) is 2.87. The van der Waals surface area contributed by atoms with E-state index >= 15 is 0 Å². The molecule has 7 heteroatoms. The number of aryl methyl sites for hydroxylation is 1. The van der Waals surface area contributed by atoms with Gasteiger partial charge in [0.1, 0.15) is 11.8 Å². The number of nitrogens with one attached hydrogen (secondary N) is 1. The molecule has 3 heterocycles. The molecule has 1 aliphatic heterocycles. The average molecular weight is 364 g/mol. The first-order valence-corrected chi connectivity index (χ1v) is 8.78. The fourth-order valence-corrected chi connectivity index (χ4v) is 3.32. The molecule has 1 aromatic carbocycles. The topological polar surface area (TPSA) is 80.4 Å². The molecule has 0 fully saturated rings. The van der Waals surface area contributed by atoms with Crippen molar-refractivity contribution in [3.8, 4) is 0 Å². The highest BCUT2D eigenvalue weighted by molar-refractivity contribution is 5.95. The van der Waals surface area contributed by atoms with Gasteiger partial charge in [-0.25, -0.2) is 4.98 Å². The van der Waals surface area contributed by atoms with Gasteiger partial charge in [-0.1, -0.05) is 17.7 Å². The van der Waals surface area contributed by atoms with Crippen LogP contribution in [-0.4, -0.2) is 32.8 Å². The first-order chi connectivity index (χ1) is 13.1. The van der Waals surface area contributed by atoms with Crippen LogP contribution in [0.5, 0.6) is 0 Å². The summed E-state index contributed by atoms with van der Waals surface area (Å²) in [6.07, 6.45) is 4.90. The molecular formula is C20H20N4O3. The lowest BCUT2D eigenvalue weighted by atomic mass is 10.1.